The number of hydrogen-bond donors (Lipinski definition) is 0. The van der Waals surface area contributed by atoms with Crippen LogP contribution in [0.4, 0.5) is 0 Å². The van der Waals surface area contributed by atoms with Gasteiger partial charge in [0, 0.05) is 13.1 Å². The van der Waals surface area contributed by atoms with E-state index in [1.165, 1.54) is 6.39 Å². The van der Waals surface area contributed by atoms with E-state index in [0.717, 1.165) is 5.69 Å². The van der Waals surface area contributed by atoms with Crippen LogP contribution in [0.3, 0.4) is 0 Å². The van der Waals surface area contributed by atoms with Crippen molar-refractivity contribution < 1.29 is 18.7 Å². The number of ether oxygens (including phenoxy) is 1. The average molecular weight is 280 g/mol. The molecule has 0 spiro atoms. The summed E-state index contributed by atoms with van der Waals surface area (Å²) in [4.78, 5) is 29.5. The first-order valence-electron chi connectivity index (χ1n) is 6.95. The molecule has 0 saturated carbocycles. The molecule has 0 N–H and O–H groups in total. The molecule has 1 amide bonds. The Kier molecular flexibility index (Phi) is 4.76. The van der Waals surface area contributed by atoms with Crippen LogP contribution in [0.25, 0.3) is 0 Å². The number of aromatic nitrogens is 1. The molecule has 0 aliphatic carbocycles. The van der Waals surface area contributed by atoms with Crippen LogP contribution in [0, 0.1) is 12.8 Å². The minimum atomic E-state index is -0.148. The smallest absolute Gasteiger partial charge is 0.309 e. The van der Waals surface area contributed by atoms with E-state index in [1.807, 2.05) is 6.92 Å². The molecule has 0 atom stereocenters. The van der Waals surface area contributed by atoms with Crippen molar-refractivity contribution in [2.24, 2.45) is 5.92 Å². The topological polar surface area (TPSA) is 72.6 Å². The molecule has 1 fully saturated rings. The first-order valence-corrected chi connectivity index (χ1v) is 6.95. The maximum Gasteiger partial charge on any atom is 0.309 e. The van der Waals surface area contributed by atoms with Crippen LogP contribution < -0.4 is 0 Å². The molecule has 1 aliphatic rings. The van der Waals surface area contributed by atoms with Gasteiger partial charge in [0.25, 0.3) is 0 Å². The number of oxazole rings is 1. The minimum absolute atomic E-state index is 0.0205. The van der Waals surface area contributed by atoms with Gasteiger partial charge in [-0.15, -0.1) is 0 Å². The molecule has 1 aromatic heterocycles. The van der Waals surface area contributed by atoms with Gasteiger partial charge in [-0.05, 0) is 26.7 Å². The van der Waals surface area contributed by atoms with Crippen LogP contribution in [0.1, 0.15) is 31.2 Å². The lowest BCUT2D eigenvalue weighted by Crippen LogP contribution is -2.41. The Labute approximate surface area is 118 Å². The number of aryl methyl sites for hydroxylation is 1. The van der Waals surface area contributed by atoms with E-state index >= 15 is 0 Å². The van der Waals surface area contributed by atoms with Crippen molar-refractivity contribution >= 4 is 11.9 Å². The van der Waals surface area contributed by atoms with Crippen molar-refractivity contribution in [1.29, 1.82) is 0 Å². The number of likely N-dealkylation sites (tertiary alicyclic amines) is 1. The molecule has 1 aliphatic heterocycles. The summed E-state index contributed by atoms with van der Waals surface area (Å²) in [5.74, 6) is 0.409. The lowest BCUT2D eigenvalue weighted by molar-refractivity contribution is -0.151. The Bertz CT molecular complexity index is 475. The molecular formula is C14H20N2O4. The molecule has 0 bridgehead atoms. The van der Waals surface area contributed by atoms with Crippen LogP contribution in [0.2, 0.25) is 0 Å². The monoisotopic (exact) mass is 280 g/mol. The van der Waals surface area contributed by atoms with Gasteiger partial charge in [0.15, 0.2) is 6.39 Å². The zero-order chi connectivity index (χ0) is 14.5. The quantitative estimate of drug-likeness (QED) is 0.778. The van der Waals surface area contributed by atoms with E-state index in [0.29, 0.717) is 38.3 Å². The van der Waals surface area contributed by atoms with E-state index in [4.69, 9.17) is 9.15 Å². The van der Waals surface area contributed by atoms with Gasteiger partial charge < -0.3 is 14.1 Å². The number of amides is 1. The number of hydrogen-bond acceptors (Lipinski definition) is 5. The maximum absolute atomic E-state index is 12.1. The normalized spacial score (nSPS) is 16.2. The van der Waals surface area contributed by atoms with E-state index in [9.17, 15) is 9.59 Å². The summed E-state index contributed by atoms with van der Waals surface area (Å²) in [6.45, 7) is 5.21. The second-order valence-corrected chi connectivity index (χ2v) is 4.94. The number of nitrogens with zero attached hydrogens (tertiary/aromatic N) is 2. The Balaban J connectivity index is 1.83. The predicted octanol–water partition coefficient (Wildman–Crippen LogP) is 1.33. The van der Waals surface area contributed by atoms with E-state index < -0.39 is 0 Å². The van der Waals surface area contributed by atoms with Crippen molar-refractivity contribution in [1.82, 2.24) is 9.88 Å². The maximum atomic E-state index is 12.1. The number of esters is 1. The fraction of sp³-hybridized carbons (Fsp3) is 0.643. The summed E-state index contributed by atoms with van der Waals surface area (Å²) in [6.07, 6.45) is 2.92. The Hall–Kier alpha value is -1.85. The number of carbonyl (C=O) groups excluding carboxylic acids is 2. The highest BCUT2D eigenvalue weighted by atomic mass is 16.5. The van der Waals surface area contributed by atoms with Gasteiger partial charge in [0.1, 0.15) is 5.76 Å². The van der Waals surface area contributed by atoms with Crippen LogP contribution in [-0.4, -0.2) is 41.5 Å². The lowest BCUT2D eigenvalue weighted by Gasteiger charge is -2.30. The first-order chi connectivity index (χ1) is 9.61. The third-order valence-corrected chi connectivity index (χ3v) is 3.62. The highest BCUT2D eigenvalue weighted by molar-refractivity contribution is 5.79. The van der Waals surface area contributed by atoms with Crippen molar-refractivity contribution in [3.05, 3.63) is 17.8 Å². The number of rotatable bonds is 4. The summed E-state index contributed by atoms with van der Waals surface area (Å²) in [6, 6.07) is 0. The zero-order valence-corrected chi connectivity index (χ0v) is 11.9. The molecule has 2 heterocycles. The van der Waals surface area contributed by atoms with Crippen molar-refractivity contribution in [2.75, 3.05) is 19.7 Å². The molecule has 6 nitrogen and oxygen atoms in total. The van der Waals surface area contributed by atoms with Gasteiger partial charge in [-0.25, -0.2) is 4.98 Å². The van der Waals surface area contributed by atoms with Crippen molar-refractivity contribution in [3.8, 4) is 0 Å². The van der Waals surface area contributed by atoms with E-state index in [2.05, 4.69) is 4.98 Å². The Morgan fingerprint density at radius 3 is 2.70 bits per heavy atom. The average Bonchev–Trinajstić information content (AvgIpc) is 2.85. The fourth-order valence-corrected chi connectivity index (χ4v) is 2.37. The summed E-state index contributed by atoms with van der Waals surface area (Å²) in [5.41, 5.74) is 0.750. The fourth-order valence-electron chi connectivity index (χ4n) is 2.37. The SMILES string of the molecule is CCOC(=O)C1CCN(C(=O)Cc2ocnc2C)CC1. The highest BCUT2D eigenvalue weighted by Crippen LogP contribution is 2.19. The van der Waals surface area contributed by atoms with Gasteiger partial charge in [0.2, 0.25) is 5.91 Å². The van der Waals surface area contributed by atoms with Gasteiger partial charge in [0.05, 0.1) is 24.6 Å². The van der Waals surface area contributed by atoms with Crippen LogP contribution in [0.15, 0.2) is 10.8 Å². The Morgan fingerprint density at radius 2 is 2.15 bits per heavy atom. The molecule has 0 unspecified atom stereocenters. The molecule has 1 aromatic rings. The molecule has 1 saturated heterocycles. The second kappa shape index (κ2) is 6.54. The molecule has 0 aromatic carbocycles. The van der Waals surface area contributed by atoms with Crippen molar-refractivity contribution in [2.45, 2.75) is 33.1 Å². The summed E-state index contributed by atoms with van der Waals surface area (Å²) < 4.78 is 10.2. The van der Waals surface area contributed by atoms with Gasteiger partial charge in [-0.1, -0.05) is 0 Å². The molecule has 6 heteroatoms. The van der Waals surface area contributed by atoms with Crippen molar-refractivity contribution in [3.63, 3.8) is 0 Å². The third kappa shape index (κ3) is 3.37. The molecule has 2 rings (SSSR count). The minimum Gasteiger partial charge on any atom is -0.466 e. The van der Waals surface area contributed by atoms with Crippen LogP contribution in [0.5, 0.6) is 0 Å². The number of piperidine rings is 1. The highest BCUT2D eigenvalue weighted by Gasteiger charge is 2.28. The van der Waals surface area contributed by atoms with Crippen LogP contribution >= 0.6 is 0 Å². The molecular weight excluding hydrogens is 260 g/mol. The van der Waals surface area contributed by atoms with E-state index in [-0.39, 0.29) is 24.2 Å². The summed E-state index contributed by atoms with van der Waals surface area (Å²) in [5, 5.41) is 0. The van der Waals surface area contributed by atoms with Gasteiger partial charge >= 0.3 is 5.97 Å². The predicted molar refractivity (Wildman–Crippen MR) is 70.9 cm³/mol. The molecule has 20 heavy (non-hydrogen) atoms. The third-order valence-electron chi connectivity index (χ3n) is 3.62. The largest absolute Gasteiger partial charge is 0.466 e. The van der Waals surface area contributed by atoms with Gasteiger partial charge in [-0.3, -0.25) is 9.59 Å². The van der Waals surface area contributed by atoms with Crippen LogP contribution in [-0.2, 0) is 20.7 Å². The molecule has 0 radical (unpaired) electrons. The summed E-state index contributed by atoms with van der Waals surface area (Å²) in [7, 11) is 0. The van der Waals surface area contributed by atoms with E-state index in [1.54, 1.807) is 11.8 Å². The zero-order valence-electron chi connectivity index (χ0n) is 11.9. The number of carbonyl (C=O) groups is 2. The lowest BCUT2D eigenvalue weighted by atomic mass is 9.97. The standard InChI is InChI=1S/C14H20N2O4/c1-3-19-14(18)11-4-6-16(7-5-11)13(17)8-12-10(2)15-9-20-12/h9,11H,3-8H2,1-2H3. The van der Waals surface area contributed by atoms with Gasteiger partial charge in [-0.2, -0.15) is 0 Å². The Morgan fingerprint density at radius 1 is 1.45 bits per heavy atom. The summed E-state index contributed by atoms with van der Waals surface area (Å²) >= 11 is 0. The second-order valence-electron chi connectivity index (χ2n) is 4.94. The first kappa shape index (κ1) is 14.6. The molecule has 110 valence electrons.